The smallest absolute Gasteiger partial charge is 0.0230 e. The molecule has 0 N–H and O–H groups in total. The fourth-order valence-electron chi connectivity index (χ4n) is 2.18. The third kappa shape index (κ3) is 7.54. The summed E-state index contributed by atoms with van der Waals surface area (Å²) in [4.78, 5) is 0. The van der Waals surface area contributed by atoms with Crippen LogP contribution in [-0.2, 0) is 29.5 Å². The Balaban J connectivity index is 2.34. The molecule has 0 spiro atoms. The quantitative estimate of drug-likeness (QED) is 0.465. The van der Waals surface area contributed by atoms with E-state index in [1.807, 2.05) is 0 Å². The zero-order valence-corrected chi connectivity index (χ0v) is 15.0. The van der Waals surface area contributed by atoms with Crippen molar-refractivity contribution in [1.29, 1.82) is 0 Å². The van der Waals surface area contributed by atoms with Gasteiger partial charge in [-0.25, -0.2) is 10.8 Å². The zero-order valence-electron chi connectivity index (χ0n) is 11.6. The molecule has 0 nitrogen and oxygen atoms in total. The highest BCUT2D eigenvalue weighted by molar-refractivity contribution is 8.56. The van der Waals surface area contributed by atoms with Crippen LogP contribution in [0, 0.1) is 29.4 Å². The van der Waals surface area contributed by atoms with Gasteiger partial charge in [-0.15, -0.1) is 17.5 Å². The average molecular weight is 333 g/mol. The minimum atomic E-state index is -1.08. The second-order valence-corrected chi connectivity index (χ2v) is 12.7. The molecule has 1 saturated heterocycles. The van der Waals surface area contributed by atoms with Gasteiger partial charge in [0.15, 0.2) is 0 Å². The standard InChI is InChI=1S/C15H24S4/c1-3-6-14(4-2)7-5-10-18-13-15-8-11-19(16,17)12-9-15/h2,10,14-15,18H,3,5-9,11-12H2,1H3. The summed E-state index contributed by atoms with van der Waals surface area (Å²) in [7, 11) is 0.156. The van der Waals surface area contributed by atoms with E-state index in [0.717, 1.165) is 43.6 Å². The van der Waals surface area contributed by atoms with Crippen molar-refractivity contribution >= 4 is 45.6 Å². The molecule has 0 radical (unpaired) electrons. The number of hydrogen-bond acceptors (Lipinski definition) is 2. The maximum absolute atomic E-state index is 5.52. The summed E-state index contributed by atoms with van der Waals surface area (Å²) in [6.45, 7) is 2.19. The van der Waals surface area contributed by atoms with Gasteiger partial charge >= 0.3 is 0 Å². The Morgan fingerprint density at radius 1 is 1.37 bits per heavy atom. The van der Waals surface area contributed by atoms with E-state index < -0.39 is 7.15 Å². The number of terminal acetylenes is 1. The minimum absolute atomic E-state index is 0.454. The molecule has 4 heteroatoms. The molecule has 0 saturated carbocycles. The molecule has 1 fully saturated rings. The third-order valence-corrected chi connectivity index (χ3v) is 8.09. The predicted octanol–water partition coefficient (Wildman–Crippen LogP) is 3.53. The van der Waals surface area contributed by atoms with Crippen LogP contribution in [0.15, 0.2) is 0 Å². The molecule has 0 aromatic rings. The molecule has 0 aromatic carbocycles. The van der Waals surface area contributed by atoms with Gasteiger partial charge in [0.1, 0.15) is 0 Å². The van der Waals surface area contributed by atoms with E-state index in [4.69, 9.17) is 28.8 Å². The van der Waals surface area contributed by atoms with Crippen LogP contribution >= 0.6 is 10.8 Å². The predicted molar refractivity (Wildman–Crippen MR) is 100.0 cm³/mol. The second kappa shape index (κ2) is 9.21. The van der Waals surface area contributed by atoms with Crippen molar-refractivity contribution in [3.8, 4) is 17.5 Å². The molecule has 0 bridgehead atoms. The van der Waals surface area contributed by atoms with Crippen LogP contribution in [0.1, 0.15) is 45.4 Å². The summed E-state index contributed by atoms with van der Waals surface area (Å²) in [6, 6.07) is 0. The molecule has 1 aliphatic rings. The normalized spacial score (nSPS) is 20.0. The lowest BCUT2D eigenvalue weighted by molar-refractivity contribution is 0.569. The van der Waals surface area contributed by atoms with Crippen molar-refractivity contribution in [2.24, 2.45) is 11.8 Å². The van der Waals surface area contributed by atoms with E-state index in [9.17, 15) is 0 Å². The Labute approximate surface area is 131 Å². The molecular weight excluding hydrogens is 308 g/mol. The second-order valence-electron chi connectivity index (χ2n) is 5.10. The lowest BCUT2D eigenvalue weighted by atomic mass is 10.00. The third-order valence-electron chi connectivity index (χ3n) is 3.42. The van der Waals surface area contributed by atoms with Gasteiger partial charge in [-0.2, -0.15) is 0 Å². The van der Waals surface area contributed by atoms with Crippen LogP contribution in [0.25, 0.3) is 0 Å². The highest BCUT2D eigenvalue weighted by Gasteiger charge is 2.16. The average Bonchev–Trinajstić information content (AvgIpc) is 2.39. The Morgan fingerprint density at radius 3 is 2.63 bits per heavy atom. The van der Waals surface area contributed by atoms with E-state index in [0.29, 0.717) is 11.8 Å². The summed E-state index contributed by atoms with van der Waals surface area (Å²) in [5.41, 5.74) is 0. The van der Waals surface area contributed by atoms with Crippen molar-refractivity contribution in [3.05, 3.63) is 0 Å². The van der Waals surface area contributed by atoms with Crippen LogP contribution in [0.5, 0.6) is 0 Å². The Morgan fingerprint density at radius 2 is 2.05 bits per heavy atom. The van der Waals surface area contributed by atoms with Gasteiger partial charge in [0, 0.05) is 23.3 Å². The van der Waals surface area contributed by atoms with Crippen molar-refractivity contribution in [3.63, 3.8) is 0 Å². The number of thiol groups is 1. The number of rotatable bonds is 5. The highest BCUT2D eigenvalue weighted by atomic mass is 33.1. The first-order valence-corrected chi connectivity index (χ1v) is 11.8. The lowest BCUT2D eigenvalue weighted by Gasteiger charge is -2.20. The van der Waals surface area contributed by atoms with Crippen LogP contribution < -0.4 is 0 Å². The summed E-state index contributed by atoms with van der Waals surface area (Å²) in [5, 5.41) is 5.87. The Hall–Kier alpha value is 0.220. The van der Waals surface area contributed by atoms with E-state index in [1.54, 1.807) is 0 Å². The van der Waals surface area contributed by atoms with Gasteiger partial charge in [-0.1, -0.05) is 20.5 Å². The zero-order chi connectivity index (χ0) is 14.1. The first-order valence-electron chi connectivity index (χ1n) is 7.01. The maximum Gasteiger partial charge on any atom is 0.0230 e. The van der Waals surface area contributed by atoms with E-state index in [1.165, 1.54) is 17.2 Å². The fraction of sp³-hybridized carbons (Fsp3) is 0.733. The Bertz CT molecular complexity index is 502. The van der Waals surface area contributed by atoms with Gasteiger partial charge < -0.3 is 0 Å². The molecule has 0 amide bonds. The van der Waals surface area contributed by atoms with Crippen LogP contribution in [0.4, 0.5) is 0 Å². The summed E-state index contributed by atoms with van der Waals surface area (Å²) < 4.78 is 0. The van der Waals surface area contributed by atoms with Gasteiger partial charge in [0.05, 0.1) is 0 Å². The largest absolute Gasteiger partial charge is 0.200 e. The van der Waals surface area contributed by atoms with Crippen LogP contribution in [-0.4, -0.2) is 16.9 Å². The maximum atomic E-state index is 5.52. The minimum Gasteiger partial charge on any atom is -0.200 e. The highest BCUT2D eigenvalue weighted by Crippen LogP contribution is 2.19. The topological polar surface area (TPSA) is 0 Å². The first kappa shape index (κ1) is 17.3. The van der Waals surface area contributed by atoms with Gasteiger partial charge in [0.2, 0.25) is 0 Å². The molecule has 108 valence electrons. The molecule has 1 atom stereocenters. The van der Waals surface area contributed by atoms with E-state index >= 15 is 0 Å². The van der Waals surface area contributed by atoms with Crippen molar-refractivity contribution in [2.75, 3.05) is 11.5 Å². The monoisotopic (exact) mass is 332 g/mol. The lowest BCUT2D eigenvalue weighted by Crippen LogP contribution is -2.20. The Kier molecular flexibility index (Phi) is 8.37. The summed E-state index contributed by atoms with van der Waals surface area (Å²) in [5.74, 6) is 6.10. The molecular formula is C15H24S4. The summed E-state index contributed by atoms with van der Waals surface area (Å²) in [6.07, 6.45) is 12.4. The first-order chi connectivity index (χ1) is 9.07. The van der Waals surface area contributed by atoms with Gasteiger partial charge in [0.25, 0.3) is 0 Å². The molecule has 19 heavy (non-hydrogen) atoms. The van der Waals surface area contributed by atoms with Crippen LogP contribution in [0.2, 0.25) is 0 Å². The molecule has 1 aliphatic heterocycles. The van der Waals surface area contributed by atoms with Crippen LogP contribution in [0.3, 0.4) is 0 Å². The van der Waals surface area contributed by atoms with Gasteiger partial charge in [-0.05, 0) is 59.8 Å². The van der Waals surface area contributed by atoms with E-state index in [2.05, 4.69) is 23.4 Å². The van der Waals surface area contributed by atoms with E-state index in [-0.39, 0.29) is 0 Å². The molecule has 0 aliphatic carbocycles. The SMILES string of the molecule is C#CC(CCC)CCC=[SH]#CC1CCS(=S)(=S)CC1. The van der Waals surface area contributed by atoms with Crippen molar-refractivity contribution in [1.82, 2.24) is 0 Å². The van der Waals surface area contributed by atoms with Crippen molar-refractivity contribution < 1.29 is 0 Å². The van der Waals surface area contributed by atoms with Crippen molar-refractivity contribution in [2.45, 2.75) is 45.4 Å². The molecule has 1 unspecified atom stereocenters. The van der Waals surface area contributed by atoms with Gasteiger partial charge in [-0.3, -0.25) is 0 Å². The molecule has 1 rings (SSSR count). The molecule has 1 heterocycles. The molecule has 0 aromatic heterocycles. The summed E-state index contributed by atoms with van der Waals surface area (Å²) >= 11 is 10.8. The number of hydrogen-bond donors (Lipinski definition) is 1. The fourth-order valence-corrected chi connectivity index (χ4v) is 5.68.